The fourth-order valence-corrected chi connectivity index (χ4v) is 9.59. The van der Waals surface area contributed by atoms with Crippen molar-refractivity contribution in [3.05, 3.63) is 132 Å². The molecule has 68 heavy (non-hydrogen) atoms. The Hall–Kier alpha value is -7.13. The van der Waals surface area contributed by atoms with Gasteiger partial charge in [0.05, 0.1) is 33.1 Å². The minimum atomic E-state index is -4.70. The molecule has 0 atom stereocenters. The van der Waals surface area contributed by atoms with Gasteiger partial charge in [-0.2, -0.15) is 30.5 Å². The third-order valence-corrected chi connectivity index (χ3v) is 13.8. The van der Waals surface area contributed by atoms with Crippen molar-refractivity contribution < 1.29 is 53.5 Å². The molecule has 0 amide bonds. The van der Waals surface area contributed by atoms with E-state index in [1.54, 1.807) is 6.92 Å². The molecule has 0 aliphatic heterocycles. The number of rotatable bonds is 15. The van der Waals surface area contributed by atoms with Crippen LogP contribution in [0.3, 0.4) is 0 Å². The quantitative estimate of drug-likeness (QED) is 0.0183. The zero-order valence-corrected chi connectivity index (χ0v) is 38.4. The van der Waals surface area contributed by atoms with Crippen LogP contribution in [0.2, 0.25) is 0 Å². The fraction of sp³-hybridized carbons (Fsp3) is 0.0238. The average molecular weight is 1010 g/mol. The van der Waals surface area contributed by atoms with Crippen LogP contribution in [0.25, 0.3) is 32.8 Å². The van der Waals surface area contributed by atoms with E-state index in [0.717, 1.165) is 52.4 Å². The molecule has 0 unspecified atom stereocenters. The van der Waals surface area contributed by atoms with Gasteiger partial charge in [0.15, 0.2) is 16.6 Å². The lowest BCUT2D eigenvalue weighted by molar-refractivity contribution is -0.432. The van der Waals surface area contributed by atoms with Crippen LogP contribution in [0.4, 0.5) is 44.5 Å². The molecule has 0 bridgehead atoms. The molecule has 0 spiro atoms. The van der Waals surface area contributed by atoms with Crippen LogP contribution in [-0.2, 0) is 39.7 Å². The molecule has 8 rings (SSSR count). The van der Waals surface area contributed by atoms with Crippen molar-refractivity contribution in [2.75, 3.05) is 10.6 Å². The second kappa shape index (κ2) is 19.2. The number of aromatic nitrogens is 2. The van der Waals surface area contributed by atoms with Crippen LogP contribution in [0.5, 0.6) is 0 Å². The molecule has 6 aromatic carbocycles. The predicted octanol–water partition coefficient (Wildman–Crippen LogP) is 11.2. The molecular weight excluding hydrogens is 983 g/mol. The van der Waals surface area contributed by atoms with Crippen LogP contribution in [0.15, 0.2) is 161 Å². The lowest BCUT2D eigenvalue weighted by Gasteiger charge is -2.16. The van der Waals surface area contributed by atoms with Crippen molar-refractivity contribution in [1.29, 1.82) is 5.26 Å². The van der Waals surface area contributed by atoms with Gasteiger partial charge in [-0.15, -0.1) is 24.8 Å². The van der Waals surface area contributed by atoms with Gasteiger partial charge in [0.1, 0.15) is 22.3 Å². The summed E-state index contributed by atoms with van der Waals surface area (Å²) in [5, 5.41) is 49.2. The Labute approximate surface area is 393 Å². The molecule has 0 aliphatic rings. The number of nitrogens with one attached hydrogen (secondary N) is 2. The summed E-state index contributed by atoms with van der Waals surface area (Å²) in [6.45, 7) is 1.58. The number of nitriles is 1. The van der Waals surface area contributed by atoms with Gasteiger partial charge < -0.3 is 10.6 Å². The molecule has 0 aliphatic carbocycles. The lowest BCUT2D eigenvalue weighted by atomic mass is 10.1. The average Bonchev–Trinajstić information content (AvgIpc) is 3.72. The molecule has 2 aromatic heterocycles. The third kappa shape index (κ3) is 10.7. The highest BCUT2D eigenvalue weighted by molar-refractivity contribution is 7.94. The summed E-state index contributed by atoms with van der Waals surface area (Å²) in [6.07, 6.45) is 0. The SMILES string of the molecule is Cc1c(C#N)c(Nc2ccc(S(=O)(=O)O)cc2)nc(Nc2ccc(S(=O)(=O)O)cc2)c1/N=N/c1nc(-c2ccc3ccccc3c2)c(/N=N/c2ccc3c(S(=O)(=O)O)cc(SOOO)cc3c2)s1. The summed E-state index contributed by atoms with van der Waals surface area (Å²) in [7, 11) is -13.7. The van der Waals surface area contributed by atoms with Crippen molar-refractivity contribution in [1.82, 2.24) is 9.97 Å². The number of fused-ring (bicyclic) bond motifs is 2. The van der Waals surface area contributed by atoms with E-state index in [1.807, 2.05) is 42.5 Å². The highest BCUT2D eigenvalue weighted by Gasteiger charge is 2.22. The van der Waals surface area contributed by atoms with Gasteiger partial charge in [0.25, 0.3) is 30.4 Å². The number of pyridine rings is 1. The van der Waals surface area contributed by atoms with Gasteiger partial charge >= 0.3 is 0 Å². The summed E-state index contributed by atoms with van der Waals surface area (Å²) in [5.41, 5.74) is 2.16. The van der Waals surface area contributed by atoms with E-state index in [1.165, 1.54) is 48.5 Å². The van der Waals surface area contributed by atoms with E-state index in [2.05, 4.69) is 51.5 Å². The van der Waals surface area contributed by atoms with Crippen molar-refractivity contribution in [3.8, 4) is 17.3 Å². The van der Waals surface area contributed by atoms with E-state index in [9.17, 15) is 44.2 Å². The molecule has 0 saturated heterocycles. The van der Waals surface area contributed by atoms with Gasteiger partial charge in [-0.3, -0.25) is 13.7 Å². The van der Waals surface area contributed by atoms with Gasteiger partial charge in [-0.25, -0.2) is 15.2 Å². The Kier molecular flexibility index (Phi) is 13.4. The Morgan fingerprint density at radius 3 is 1.94 bits per heavy atom. The van der Waals surface area contributed by atoms with E-state index >= 15 is 0 Å². The predicted molar refractivity (Wildman–Crippen MR) is 251 cm³/mol. The summed E-state index contributed by atoms with van der Waals surface area (Å²) in [4.78, 5) is 8.36. The van der Waals surface area contributed by atoms with E-state index in [0.29, 0.717) is 34.4 Å². The van der Waals surface area contributed by atoms with Crippen LogP contribution in [0, 0.1) is 18.3 Å². The van der Waals surface area contributed by atoms with E-state index in [4.69, 9.17) is 10.2 Å². The van der Waals surface area contributed by atoms with Crippen LogP contribution in [-0.4, -0.2) is 54.1 Å². The Balaban J connectivity index is 1.22. The second-order valence-corrected chi connectivity index (χ2v) is 20.1. The van der Waals surface area contributed by atoms with Crippen LogP contribution in [0.1, 0.15) is 11.1 Å². The van der Waals surface area contributed by atoms with Crippen molar-refractivity contribution >= 4 is 120 Å². The van der Waals surface area contributed by atoms with Gasteiger partial charge in [-0.05, 0) is 102 Å². The second-order valence-electron chi connectivity index (χ2n) is 14.2. The monoisotopic (exact) mass is 1010 g/mol. The number of benzene rings is 6. The largest absolute Gasteiger partial charge is 0.339 e. The molecule has 2 heterocycles. The Bertz CT molecular complexity index is 3740. The molecule has 0 fully saturated rings. The van der Waals surface area contributed by atoms with Crippen LogP contribution >= 0.6 is 23.4 Å². The van der Waals surface area contributed by atoms with Gasteiger partial charge in [0, 0.05) is 32.8 Å². The summed E-state index contributed by atoms with van der Waals surface area (Å²) in [6, 6.07) is 32.5. The maximum atomic E-state index is 12.3. The molecule has 21 nitrogen and oxygen atoms in total. The summed E-state index contributed by atoms with van der Waals surface area (Å²) < 4.78 is 105. The number of anilines is 4. The maximum Gasteiger partial charge on any atom is 0.295 e. The first-order chi connectivity index (χ1) is 32.4. The first kappa shape index (κ1) is 47.4. The van der Waals surface area contributed by atoms with Crippen molar-refractivity contribution in [2.45, 2.75) is 26.5 Å². The van der Waals surface area contributed by atoms with Crippen LogP contribution < -0.4 is 10.6 Å². The van der Waals surface area contributed by atoms with Crippen molar-refractivity contribution in [2.24, 2.45) is 20.5 Å². The third-order valence-electron chi connectivity index (χ3n) is 9.78. The van der Waals surface area contributed by atoms with Gasteiger partial charge in [0.2, 0.25) is 5.13 Å². The number of azo groups is 2. The van der Waals surface area contributed by atoms with Gasteiger partial charge in [-0.1, -0.05) is 58.8 Å². The zero-order valence-electron chi connectivity index (χ0n) is 34.3. The number of nitrogens with zero attached hydrogens (tertiary/aromatic N) is 7. The normalized spacial score (nSPS) is 12.3. The Morgan fingerprint density at radius 2 is 1.32 bits per heavy atom. The number of hydrogen-bond donors (Lipinski definition) is 6. The van der Waals surface area contributed by atoms with E-state index < -0.39 is 35.2 Å². The zero-order chi connectivity index (χ0) is 48.4. The standard InChI is InChI=1S/C42H29N9O12S5/c1-23-35(22-43)39(44-28-8-13-32(14-9-28)66(53,54)55)47-40(45-29-10-15-33(16-11-29)67(56,57)58)37(23)49-51-42-46-38(26-7-6-24-4-2-3-5-25(24)18-26)41(64-42)50-48-30-12-17-34-27(19-30)20-31(65-63-62-52)21-36(34)68(59,60)61/h2-21,52H,1H3,(H2,44,45,47)(H,53,54,55)(H,56,57,58)(H,59,60,61)/b50-48+,51-49+. The van der Waals surface area contributed by atoms with Crippen molar-refractivity contribution in [3.63, 3.8) is 0 Å². The first-order valence-corrected chi connectivity index (χ1v) is 24.9. The first-order valence-electron chi connectivity index (χ1n) is 19.1. The highest BCUT2D eigenvalue weighted by atomic mass is 32.2. The molecule has 0 saturated carbocycles. The highest BCUT2D eigenvalue weighted by Crippen LogP contribution is 2.44. The minimum Gasteiger partial charge on any atom is -0.339 e. The Morgan fingerprint density at radius 1 is 0.676 bits per heavy atom. The number of thiazole rings is 1. The minimum absolute atomic E-state index is 0.00142. The summed E-state index contributed by atoms with van der Waals surface area (Å²) >= 11 is 1.48. The van der Waals surface area contributed by atoms with E-state index in [-0.39, 0.29) is 70.0 Å². The smallest absolute Gasteiger partial charge is 0.295 e. The summed E-state index contributed by atoms with van der Waals surface area (Å²) in [5.74, 6) is 0.0140. The molecule has 26 heteroatoms. The maximum absolute atomic E-state index is 12.3. The lowest BCUT2D eigenvalue weighted by Crippen LogP contribution is -2.05. The molecule has 344 valence electrons. The molecular formula is C42H29N9O12S5. The molecule has 0 radical (unpaired) electrons. The molecule has 6 N–H and O–H groups in total. The molecule has 8 aromatic rings. The fourth-order valence-electron chi connectivity index (χ4n) is 6.63. The topological polar surface area (TPSA) is 325 Å². The number of hydrogen-bond acceptors (Lipinski definition) is 20.